The number of carbonyl (C=O) groups is 2. The number of urea groups is 1. The normalized spacial score (nSPS) is 22.0. The second kappa shape index (κ2) is 5.34. The van der Waals surface area contributed by atoms with Crippen LogP contribution >= 0.6 is 11.6 Å². The molecule has 112 valence electrons. The summed E-state index contributed by atoms with van der Waals surface area (Å²) in [5, 5.41) is 0.591. The minimum atomic E-state index is -0.269. The van der Waals surface area contributed by atoms with Crippen LogP contribution in [0.25, 0.3) is 0 Å². The van der Waals surface area contributed by atoms with Crippen molar-refractivity contribution in [3.8, 4) is 0 Å². The third-order valence-electron chi connectivity index (χ3n) is 4.79. The van der Waals surface area contributed by atoms with E-state index < -0.39 is 0 Å². The smallest absolute Gasteiger partial charge is 0.321 e. The lowest BCUT2D eigenvalue weighted by Crippen LogP contribution is -2.63. The molecule has 4 nitrogen and oxygen atoms in total. The van der Waals surface area contributed by atoms with Gasteiger partial charge in [0.2, 0.25) is 5.91 Å². The highest BCUT2D eigenvalue weighted by Crippen LogP contribution is 2.40. The van der Waals surface area contributed by atoms with Gasteiger partial charge >= 0.3 is 6.03 Å². The van der Waals surface area contributed by atoms with Crippen LogP contribution in [0.3, 0.4) is 0 Å². The van der Waals surface area contributed by atoms with Crippen LogP contribution in [0.5, 0.6) is 0 Å². The molecule has 1 saturated heterocycles. The van der Waals surface area contributed by atoms with Crippen molar-refractivity contribution < 1.29 is 9.59 Å². The highest BCUT2D eigenvalue weighted by Gasteiger charge is 2.48. The molecule has 1 aromatic carbocycles. The Morgan fingerprint density at radius 2 is 1.67 bits per heavy atom. The fourth-order valence-electron chi connectivity index (χ4n) is 3.51. The second-order valence-electron chi connectivity index (χ2n) is 6.01. The van der Waals surface area contributed by atoms with Crippen LogP contribution in [0.1, 0.15) is 38.5 Å². The van der Waals surface area contributed by atoms with E-state index >= 15 is 0 Å². The molecule has 0 aromatic heterocycles. The topological polar surface area (TPSA) is 40.6 Å². The number of halogens is 1. The molecule has 5 heteroatoms. The monoisotopic (exact) mass is 306 g/mol. The van der Waals surface area contributed by atoms with Gasteiger partial charge in [-0.3, -0.25) is 4.79 Å². The van der Waals surface area contributed by atoms with Gasteiger partial charge in [0.15, 0.2) is 0 Å². The van der Waals surface area contributed by atoms with E-state index in [0.717, 1.165) is 25.7 Å². The maximum Gasteiger partial charge on any atom is 0.331 e. The highest BCUT2D eigenvalue weighted by atomic mass is 35.5. The summed E-state index contributed by atoms with van der Waals surface area (Å²) in [6.45, 7) is 0. The lowest BCUT2D eigenvalue weighted by Gasteiger charge is -2.49. The zero-order valence-electron chi connectivity index (χ0n) is 12.1. The van der Waals surface area contributed by atoms with Crippen molar-refractivity contribution in [3.63, 3.8) is 0 Å². The van der Waals surface area contributed by atoms with E-state index in [1.807, 2.05) is 7.05 Å². The summed E-state index contributed by atoms with van der Waals surface area (Å²) in [5.41, 5.74) is 0.321. The molecule has 0 radical (unpaired) electrons. The maximum atomic E-state index is 12.7. The number of rotatable bonds is 1. The Kier molecular flexibility index (Phi) is 3.66. The first kappa shape index (κ1) is 14.4. The summed E-state index contributed by atoms with van der Waals surface area (Å²) in [6.07, 6.45) is 5.64. The second-order valence-corrected chi connectivity index (χ2v) is 6.45. The van der Waals surface area contributed by atoms with E-state index in [1.54, 1.807) is 29.2 Å². The molecule has 1 aliphatic heterocycles. The third-order valence-corrected chi connectivity index (χ3v) is 5.04. The third kappa shape index (κ3) is 2.42. The van der Waals surface area contributed by atoms with Crippen molar-refractivity contribution in [2.24, 2.45) is 0 Å². The molecule has 1 spiro atoms. The van der Waals surface area contributed by atoms with E-state index in [2.05, 4.69) is 0 Å². The first-order chi connectivity index (χ1) is 10.0. The molecule has 1 heterocycles. The van der Waals surface area contributed by atoms with Crippen molar-refractivity contribution in [2.75, 3.05) is 11.9 Å². The van der Waals surface area contributed by atoms with Gasteiger partial charge in [-0.1, -0.05) is 30.9 Å². The van der Waals surface area contributed by atoms with E-state index in [0.29, 0.717) is 17.1 Å². The van der Waals surface area contributed by atoms with Gasteiger partial charge in [0.25, 0.3) is 0 Å². The lowest BCUT2D eigenvalue weighted by molar-refractivity contribution is -0.123. The molecule has 0 bridgehead atoms. The summed E-state index contributed by atoms with van der Waals surface area (Å²) in [5.74, 6) is -0.109. The van der Waals surface area contributed by atoms with Crippen LogP contribution in [0.2, 0.25) is 5.02 Å². The van der Waals surface area contributed by atoms with Crippen LogP contribution in [0.15, 0.2) is 24.3 Å². The van der Waals surface area contributed by atoms with Gasteiger partial charge < -0.3 is 4.90 Å². The Hall–Kier alpha value is -1.55. The average Bonchev–Trinajstić information content (AvgIpc) is 2.48. The van der Waals surface area contributed by atoms with E-state index in [9.17, 15) is 9.59 Å². The molecule has 0 atom stereocenters. The summed E-state index contributed by atoms with van der Waals surface area (Å²) in [6, 6.07) is 6.59. The summed E-state index contributed by atoms with van der Waals surface area (Å²) in [7, 11) is 1.82. The number of benzene rings is 1. The molecular formula is C16H19ClN2O2. The fraction of sp³-hybridized carbons (Fsp3) is 0.500. The zero-order valence-corrected chi connectivity index (χ0v) is 12.9. The van der Waals surface area contributed by atoms with Crippen LogP contribution in [-0.2, 0) is 4.79 Å². The van der Waals surface area contributed by atoms with Crippen molar-refractivity contribution in [2.45, 2.75) is 44.1 Å². The van der Waals surface area contributed by atoms with Gasteiger partial charge in [0, 0.05) is 12.1 Å². The highest BCUT2D eigenvalue weighted by molar-refractivity contribution is 6.30. The predicted octanol–water partition coefficient (Wildman–Crippen LogP) is 3.83. The number of hydrogen-bond acceptors (Lipinski definition) is 2. The SMILES string of the molecule is CN1C(=O)N(c2ccc(Cl)cc2)C(=O)CC12CCCCC2. The number of hydrogen-bond donors (Lipinski definition) is 0. The van der Waals surface area contributed by atoms with Gasteiger partial charge in [-0.2, -0.15) is 0 Å². The molecule has 21 heavy (non-hydrogen) atoms. The van der Waals surface area contributed by atoms with Crippen LogP contribution in [0.4, 0.5) is 10.5 Å². The largest absolute Gasteiger partial charge is 0.331 e. The van der Waals surface area contributed by atoms with Gasteiger partial charge in [-0.15, -0.1) is 0 Å². The van der Waals surface area contributed by atoms with Gasteiger partial charge in [0.05, 0.1) is 17.6 Å². The van der Waals surface area contributed by atoms with Crippen LogP contribution in [0, 0.1) is 0 Å². The first-order valence-corrected chi connectivity index (χ1v) is 7.78. The fourth-order valence-corrected chi connectivity index (χ4v) is 3.63. The Morgan fingerprint density at radius 3 is 2.29 bits per heavy atom. The lowest BCUT2D eigenvalue weighted by atomic mass is 9.77. The molecule has 0 unspecified atom stereocenters. The van der Waals surface area contributed by atoms with Crippen molar-refractivity contribution in [1.29, 1.82) is 0 Å². The Bertz CT molecular complexity index is 564. The van der Waals surface area contributed by atoms with E-state index in [1.165, 1.54) is 11.3 Å². The molecule has 0 N–H and O–H groups in total. The van der Waals surface area contributed by atoms with Crippen molar-refractivity contribution in [1.82, 2.24) is 4.90 Å². The van der Waals surface area contributed by atoms with Crippen molar-refractivity contribution in [3.05, 3.63) is 29.3 Å². The number of amides is 3. The summed E-state index contributed by atoms with van der Waals surface area (Å²) < 4.78 is 0. The summed E-state index contributed by atoms with van der Waals surface area (Å²) >= 11 is 5.87. The quantitative estimate of drug-likeness (QED) is 0.791. The van der Waals surface area contributed by atoms with E-state index in [-0.39, 0.29) is 17.5 Å². The maximum absolute atomic E-state index is 12.7. The molecule has 3 rings (SSSR count). The predicted molar refractivity (Wildman–Crippen MR) is 82.5 cm³/mol. The molecule has 2 fully saturated rings. The molecular weight excluding hydrogens is 288 g/mol. The molecule has 1 aromatic rings. The van der Waals surface area contributed by atoms with Crippen molar-refractivity contribution >= 4 is 29.2 Å². The Labute approximate surface area is 129 Å². The number of carbonyl (C=O) groups excluding carboxylic acids is 2. The standard InChI is InChI=1S/C16H19ClN2O2/c1-18-15(21)19(13-7-5-12(17)6-8-13)14(20)11-16(18)9-3-2-4-10-16/h5-8H,2-4,9-11H2,1H3. The molecule has 1 aliphatic carbocycles. The number of anilines is 1. The minimum absolute atomic E-state index is 0.109. The first-order valence-electron chi connectivity index (χ1n) is 7.40. The molecule has 1 saturated carbocycles. The van der Waals surface area contributed by atoms with Gasteiger partial charge in [0.1, 0.15) is 0 Å². The van der Waals surface area contributed by atoms with Gasteiger partial charge in [-0.25, -0.2) is 9.69 Å². The minimum Gasteiger partial charge on any atom is -0.321 e. The molecule has 2 aliphatic rings. The van der Waals surface area contributed by atoms with Crippen LogP contribution < -0.4 is 4.90 Å². The number of imide groups is 1. The number of nitrogens with zero attached hydrogens (tertiary/aromatic N) is 2. The Morgan fingerprint density at radius 1 is 1.05 bits per heavy atom. The Balaban J connectivity index is 1.90. The van der Waals surface area contributed by atoms with E-state index in [4.69, 9.17) is 11.6 Å². The average molecular weight is 307 g/mol. The van der Waals surface area contributed by atoms with Crippen LogP contribution in [-0.4, -0.2) is 29.4 Å². The van der Waals surface area contributed by atoms with Gasteiger partial charge in [-0.05, 0) is 37.1 Å². The zero-order chi connectivity index (χ0) is 15.0. The summed E-state index contributed by atoms with van der Waals surface area (Å²) in [4.78, 5) is 28.3. The molecule has 3 amide bonds.